The maximum atomic E-state index is 12.1. The Morgan fingerprint density at radius 1 is 1.24 bits per heavy atom. The third-order valence-electron chi connectivity index (χ3n) is 7.16. The summed E-state index contributed by atoms with van der Waals surface area (Å²) in [4.78, 5) is 18.4. The summed E-state index contributed by atoms with van der Waals surface area (Å²) >= 11 is 3.13. The Labute approximate surface area is 224 Å². The van der Waals surface area contributed by atoms with Gasteiger partial charge < -0.3 is 4.74 Å². The fraction of sp³-hybridized carbons (Fsp3) is 0.233. The van der Waals surface area contributed by atoms with Crippen LogP contribution in [0.3, 0.4) is 0 Å². The lowest BCUT2D eigenvalue weighted by atomic mass is 9.91. The first-order valence-corrected chi connectivity index (χ1v) is 13.9. The molecular formula is C30H25N3O2S2. The van der Waals surface area contributed by atoms with Crippen LogP contribution >= 0.6 is 23.3 Å². The van der Waals surface area contributed by atoms with Gasteiger partial charge in [0.05, 0.1) is 30.4 Å². The van der Waals surface area contributed by atoms with Gasteiger partial charge in [-0.1, -0.05) is 35.4 Å². The number of hydrogen-bond donors (Lipinski definition) is 0. The minimum Gasteiger partial charge on any atom is -0.469 e. The molecule has 5 nitrogen and oxygen atoms in total. The number of nitriles is 1. The van der Waals surface area contributed by atoms with Crippen molar-refractivity contribution in [3.63, 3.8) is 0 Å². The molecule has 2 unspecified atom stereocenters. The summed E-state index contributed by atoms with van der Waals surface area (Å²) < 4.78 is 7.27. The number of nitrogens with zero attached hydrogens (tertiary/aromatic N) is 3. The van der Waals surface area contributed by atoms with E-state index in [9.17, 15) is 10.1 Å². The van der Waals surface area contributed by atoms with Crippen LogP contribution in [0.25, 0.3) is 27.6 Å². The monoisotopic (exact) mass is 523 g/mol. The summed E-state index contributed by atoms with van der Waals surface area (Å²) in [5.74, 6) is 0.100. The van der Waals surface area contributed by atoms with Crippen LogP contribution in [-0.2, 0) is 9.53 Å². The minimum atomic E-state index is -0.116. The van der Waals surface area contributed by atoms with Gasteiger partial charge in [-0.2, -0.15) is 5.26 Å². The van der Waals surface area contributed by atoms with Crippen molar-refractivity contribution >= 4 is 45.7 Å². The lowest BCUT2D eigenvalue weighted by Gasteiger charge is -2.18. The summed E-state index contributed by atoms with van der Waals surface area (Å²) in [6.07, 6.45) is 11.0. The van der Waals surface area contributed by atoms with E-state index < -0.39 is 0 Å². The lowest BCUT2D eigenvalue weighted by molar-refractivity contribution is -0.142. The number of benzene rings is 1. The molecule has 37 heavy (non-hydrogen) atoms. The standard InChI is InChI=1S/C30H25N3O2S2/c1-18-6-8-21(9-7-18)37-33-26-17-32-12-10-22(26)28(23-11-13-36-27(23)16-31)29(33)20-5-3-4-19(14-20)24-15-25(24)30(34)35-2/h5-14,17,24-25H,3-4,15H2,1-2H3. The zero-order valence-electron chi connectivity index (χ0n) is 20.6. The molecule has 2 aliphatic rings. The Balaban J connectivity index is 1.55. The van der Waals surface area contributed by atoms with E-state index in [1.165, 1.54) is 29.6 Å². The van der Waals surface area contributed by atoms with Crippen molar-refractivity contribution in [1.82, 2.24) is 8.96 Å². The maximum absolute atomic E-state index is 12.1. The van der Waals surface area contributed by atoms with Gasteiger partial charge in [-0.15, -0.1) is 11.3 Å². The second-order valence-electron chi connectivity index (χ2n) is 9.48. The highest BCUT2D eigenvalue weighted by atomic mass is 32.2. The highest BCUT2D eigenvalue weighted by molar-refractivity contribution is 7.98. The van der Waals surface area contributed by atoms with Crippen LogP contribution in [0.4, 0.5) is 0 Å². The fourth-order valence-electron chi connectivity index (χ4n) is 5.23. The molecule has 7 heteroatoms. The van der Waals surface area contributed by atoms with Crippen molar-refractivity contribution in [2.24, 2.45) is 11.8 Å². The van der Waals surface area contributed by atoms with E-state index in [1.54, 1.807) is 11.9 Å². The average Bonchev–Trinajstić information content (AvgIpc) is 3.49. The van der Waals surface area contributed by atoms with E-state index in [0.29, 0.717) is 4.88 Å². The number of thiophene rings is 1. The second-order valence-corrected chi connectivity index (χ2v) is 11.4. The van der Waals surface area contributed by atoms with Crippen molar-refractivity contribution < 1.29 is 9.53 Å². The van der Waals surface area contributed by atoms with Gasteiger partial charge in [0.25, 0.3) is 0 Å². The molecule has 0 aliphatic heterocycles. The highest BCUT2D eigenvalue weighted by Gasteiger charge is 2.46. The Morgan fingerprint density at radius 2 is 2.08 bits per heavy atom. The van der Waals surface area contributed by atoms with Crippen LogP contribution in [0.1, 0.15) is 35.4 Å². The third kappa shape index (κ3) is 4.30. The third-order valence-corrected chi connectivity index (χ3v) is 9.03. The molecule has 3 aromatic heterocycles. The Kier molecular flexibility index (Phi) is 6.23. The smallest absolute Gasteiger partial charge is 0.309 e. The van der Waals surface area contributed by atoms with E-state index in [-0.39, 0.29) is 17.8 Å². The highest BCUT2D eigenvalue weighted by Crippen LogP contribution is 2.50. The molecule has 1 aromatic carbocycles. The number of carbonyl (C=O) groups is 1. The summed E-state index contributed by atoms with van der Waals surface area (Å²) in [7, 11) is 1.47. The van der Waals surface area contributed by atoms with Gasteiger partial charge in [-0.25, -0.2) is 0 Å². The predicted molar refractivity (Wildman–Crippen MR) is 149 cm³/mol. The van der Waals surface area contributed by atoms with E-state index in [1.807, 2.05) is 29.9 Å². The van der Waals surface area contributed by atoms with Gasteiger partial charge in [0, 0.05) is 27.6 Å². The summed E-state index contributed by atoms with van der Waals surface area (Å²) in [6.45, 7) is 2.09. The van der Waals surface area contributed by atoms with E-state index in [0.717, 1.165) is 57.5 Å². The van der Waals surface area contributed by atoms with Gasteiger partial charge in [0.1, 0.15) is 10.9 Å². The molecule has 0 amide bonds. The SMILES string of the molecule is COC(=O)C1CC1C1=CC(c2c(-c3ccsc3C#N)c3ccncc3n2Sc2ccc(C)cc2)=CCC1. The molecule has 2 aliphatic carbocycles. The fourth-order valence-corrected chi connectivity index (χ4v) is 6.92. The first-order valence-electron chi connectivity index (χ1n) is 12.3. The van der Waals surface area contributed by atoms with Crippen LogP contribution in [0.2, 0.25) is 0 Å². The summed E-state index contributed by atoms with van der Waals surface area (Å²) in [5, 5.41) is 13.0. The number of allylic oxidation sites excluding steroid dienone is 4. The largest absolute Gasteiger partial charge is 0.469 e. The molecule has 0 saturated heterocycles. The number of aromatic nitrogens is 2. The quantitative estimate of drug-likeness (QED) is 0.246. The molecule has 4 aromatic rings. The molecule has 0 radical (unpaired) electrons. The van der Waals surface area contributed by atoms with Gasteiger partial charge in [0.15, 0.2) is 0 Å². The van der Waals surface area contributed by atoms with Crippen molar-refractivity contribution in [2.75, 3.05) is 7.11 Å². The van der Waals surface area contributed by atoms with Gasteiger partial charge in [-0.3, -0.25) is 13.8 Å². The molecule has 2 atom stereocenters. The van der Waals surface area contributed by atoms with Gasteiger partial charge in [0.2, 0.25) is 0 Å². The second kappa shape index (κ2) is 9.70. The van der Waals surface area contributed by atoms with E-state index >= 15 is 0 Å². The molecule has 1 saturated carbocycles. The molecule has 6 rings (SSSR count). The van der Waals surface area contributed by atoms with Crippen molar-refractivity contribution in [1.29, 1.82) is 5.26 Å². The van der Waals surface area contributed by atoms with Crippen LogP contribution in [0.15, 0.2) is 76.8 Å². The van der Waals surface area contributed by atoms with Crippen LogP contribution in [0, 0.1) is 30.1 Å². The molecule has 0 bridgehead atoms. The zero-order chi connectivity index (χ0) is 25.5. The minimum absolute atomic E-state index is 0.0332. The predicted octanol–water partition coefficient (Wildman–Crippen LogP) is 7.41. The van der Waals surface area contributed by atoms with E-state index in [2.05, 4.69) is 58.4 Å². The van der Waals surface area contributed by atoms with Crippen molar-refractivity contribution in [3.05, 3.63) is 88.0 Å². The molecule has 184 valence electrons. The number of pyridine rings is 1. The number of rotatable bonds is 6. The van der Waals surface area contributed by atoms with Gasteiger partial charge in [-0.05, 0) is 79.3 Å². The maximum Gasteiger partial charge on any atom is 0.309 e. The van der Waals surface area contributed by atoms with Crippen molar-refractivity contribution in [3.8, 4) is 17.2 Å². The van der Waals surface area contributed by atoms with Gasteiger partial charge >= 0.3 is 5.97 Å². The molecule has 3 heterocycles. The molecular weight excluding hydrogens is 498 g/mol. The van der Waals surface area contributed by atoms with E-state index in [4.69, 9.17) is 4.74 Å². The first kappa shape index (κ1) is 23.8. The number of methoxy groups -OCH3 is 1. The summed E-state index contributed by atoms with van der Waals surface area (Å²) in [6, 6.07) is 15.0. The number of carbonyl (C=O) groups excluding carboxylic acids is 1. The number of hydrogen-bond acceptors (Lipinski definition) is 6. The molecule has 0 N–H and O–H groups in total. The number of fused-ring (bicyclic) bond motifs is 1. The molecule has 0 spiro atoms. The van der Waals surface area contributed by atoms with Crippen molar-refractivity contribution in [2.45, 2.75) is 31.1 Å². The zero-order valence-corrected chi connectivity index (χ0v) is 22.2. The number of aryl methyl sites for hydroxylation is 1. The molecule has 1 fully saturated rings. The van der Waals surface area contributed by atoms with Crippen LogP contribution in [-0.4, -0.2) is 22.0 Å². The topological polar surface area (TPSA) is 67.9 Å². The Morgan fingerprint density at radius 3 is 2.86 bits per heavy atom. The summed E-state index contributed by atoms with van der Waals surface area (Å²) in [5.41, 5.74) is 7.72. The first-order chi connectivity index (χ1) is 18.1. The Bertz CT molecular complexity index is 1620. The van der Waals surface area contributed by atoms with Crippen LogP contribution in [0.5, 0.6) is 0 Å². The average molecular weight is 524 g/mol. The number of esters is 1. The normalized spacial score (nSPS) is 18.7. The lowest BCUT2D eigenvalue weighted by Crippen LogP contribution is -2.06. The number of ether oxygens (including phenoxy) is 1. The van der Waals surface area contributed by atoms with Crippen LogP contribution < -0.4 is 0 Å². The Hall–Kier alpha value is -3.60.